The molecule has 5 nitrogen and oxygen atoms in total. The van der Waals surface area contributed by atoms with Crippen LogP contribution in [0, 0.1) is 5.41 Å². The number of carbonyl (C=O) groups is 1. The van der Waals surface area contributed by atoms with Crippen molar-refractivity contribution in [2.75, 3.05) is 26.8 Å². The van der Waals surface area contributed by atoms with Crippen LogP contribution < -0.4 is 10.8 Å². The topological polar surface area (TPSA) is 59.6 Å². The van der Waals surface area contributed by atoms with Crippen LogP contribution in [-0.4, -0.2) is 38.3 Å². The van der Waals surface area contributed by atoms with Gasteiger partial charge in [0, 0.05) is 7.11 Å². The summed E-state index contributed by atoms with van der Waals surface area (Å²) in [6.45, 7) is 7.82. The SMILES string of the molecule is COCC1(C(=O)NOC(C)(C)C)CCNCC1. The third-order valence-electron chi connectivity index (χ3n) is 2.91. The molecule has 0 atom stereocenters. The molecule has 1 amide bonds. The Bertz CT molecular complexity index is 249. The third-order valence-corrected chi connectivity index (χ3v) is 2.91. The minimum Gasteiger partial charge on any atom is -0.384 e. The molecule has 1 aliphatic rings. The number of piperidine rings is 1. The van der Waals surface area contributed by atoms with Crippen LogP contribution in [0.4, 0.5) is 0 Å². The lowest BCUT2D eigenvalue weighted by atomic mass is 9.79. The van der Waals surface area contributed by atoms with E-state index in [1.165, 1.54) is 0 Å². The van der Waals surface area contributed by atoms with Crippen molar-refractivity contribution in [3.63, 3.8) is 0 Å². The molecule has 1 heterocycles. The summed E-state index contributed by atoms with van der Waals surface area (Å²) in [5.74, 6) is -0.0734. The molecule has 0 radical (unpaired) electrons. The Morgan fingerprint density at radius 1 is 1.35 bits per heavy atom. The van der Waals surface area contributed by atoms with Gasteiger partial charge in [-0.3, -0.25) is 9.63 Å². The molecule has 0 unspecified atom stereocenters. The number of nitrogens with one attached hydrogen (secondary N) is 2. The Hall–Kier alpha value is -0.650. The Morgan fingerprint density at radius 3 is 2.41 bits per heavy atom. The predicted molar refractivity (Wildman–Crippen MR) is 65.4 cm³/mol. The van der Waals surface area contributed by atoms with E-state index in [4.69, 9.17) is 9.57 Å². The summed E-state index contributed by atoms with van der Waals surface area (Å²) >= 11 is 0. The minimum atomic E-state index is -0.453. The van der Waals surface area contributed by atoms with E-state index < -0.39 is 5.41 Å². The molecule has 0 aromatic heterocycles. The van der Waals surface area contributed by atoms with Gasteiger partial charge in [-0.15, -0.1) is 0 Å². The summed E-state index contributed by atoms with van der Waals surface area (Å²) in [6, 6.07) is 0. The van der Waals surface area contributed by atoms with E-state index >= 15 is 0 Å². The molecule has 0 saturated carbocycles. The van der Waals surface area contributed by atoms with E-state index in [2.05, 4.69) is 10.8 Å². The smallest absolute Gasteiger partial charge is 0.252 e. The van der Waals surface area contributed by atoms with Crippen molar-refractivity contribution >= 4 is 5.91 Å². The Labute approximate surface area is 103 Å². The zero-order valence-corrected chi connectivity index (χ0v) is 11.3. The zero-order chi connectivity index (χ0) is 12.9. The molecule has 0 aromatic carbocycles. The van der Waals surface area contributed by atoms with E-state index in [1.807, 2.05) is 20.8 Å². The van der Waals surface area contributed by atoms with E-state index in [-0.39, 0.29) is 11.5 Å². The number of hydroxylamine groups is 1. The molecule has 2 N–H and O–H groups in total. The first kappa shape index (κ1) is 14.4. The van der Waals surface area contributed by atoms with Crippen molar-refractivity contribution in [1.29, 1.82) is 0 Å². The maximum Gasteiger partial charge on any atom is 0.252 e. The fourth-order valence-electron chi connectivity index (χ4n) is 1.93. The highest BCUT2D eigenvalue weighted by Crippen LogP contribution is 2.29. The average Bonchev–Trinajstić information content (AvgIpc) is 2.26. The molecule has 1 saturated heterocycles. The first-order valence-electron chi connectivity index (χ1n) is 6.08. The van der Waals surface area contributed by atoms with Crippen molar-refractivity contribution < 1.29 is 14.4 Å². The van der Waals surface area contributed by atoms with Gasteiger partial charge in [0.2, 0.25) is 0 Å². The maximum atomic E-state index is 12.2. The summed E-state index contributed by atoms with van der Waals surface area (Å²) in [6.07, 6.45) is 1.56. The second-order valence-electron chi connectivity index (χ2n) is 5.61. The average molecular weight is 244 g/mol. The van der Waals surface area contributed by atoms with E-state index in [1.54, 1.807) is 7.11 Å². The maximum absolute atomic E-state index is 12.2. The van der Waals surface area contributed by atoms with Crippen molar-refractivity contribution in [2.45, 2.75) is 39.2 Å². The van der Waals surface area contributed by atoms with E-state index in [0.717, 1.165) is 25.9 Å². The number of rotatable bonds is 4. The number of hydrogen-bond acceptors (Lipinski definition) is 4. The Kier molecular flexibility index (Phi) is 4.91. The first-order valence-corrected chi connectivity index (χ1v) is 6.08. The second kappa shape index (κ2) is 5.80. The quantitative estimate of drug-likeness (QED) is 0.720. The van der Waals surface area contributed by atoms with Crippen LogP contribution in [0.25, 0.3) is 0 Å². The molecule has 0 aliphatic carbocycles. The summed E-state index contributed by atoms with van der Waals surface area (Å²) in [5, 5.41) is 3.25. The molecule has 5 heteroatoms. The highest BCUT2D eigenvalue weighted by Gasteiger charge is 2.40. The third kappa shape index (κ3) is 4.26. The van der Waals surface area contributed by atoms with Gasteiger partial charge in [-0.1, -0.05) is 0 Å². The summed E-state index contributed by atoms with van der Waals surface area (Å²) in [4.78, 5) is 17.6. The predicted octanol–water partition coefficient (Wildman–Crippen LogP) is 0.849. The van der Waals surface area contributed by atoms with Gasteiger partial charge in [0.15, 0.2) is 0 Å². The van der Waals surface area contributed by atoms with Crippen LogP contribution in [-0.2, 0) is 14.4 Å². The fraction of sp³-hybridized carbons (Fsp3) is 0.917. The lowest BCUT2D eigenvalue weighted by molar-refractivity contribution is -0.160. The lowest BCUT2D eigenvalue weighted by Gasteiger charge is -2.36. The Morgan fingerprint density at radius 2 is 1.94 bits per heavy atom. The van der Waals surface area contributed by atoms with Gasteiger partial charge in [-0.2, -0.15) is 0 Å². The van der Waals surface area contributed by atoms with Crippen LogP contribution >= 0.6 is 0 Å². The highest BCUT2D eigenvalue weighted by molar-refractivity contribution is 5.82. The van der Waals surface area contributed by atoms with Crippen LogP contribution in [0.3, 0.4) is 0 Å². The second-order valence-corrected chi connectivity index (χ2v) is 5.61. The minimum absolute atomic E-state index is 0.0734. The first-order chi connectivity index (χ1) is 7.90. The van der Waals surface area contributed by atoms with Crippen molar-refractivity contribution in [3.05, 3.63) is 0 Å². The van der Waals surface area contributed by atoms with Crippen molar-refractivity contribution in [1.82, 2.24) is 10.8 Å². The monoisotopic (exact) mass is 244 g/mol. The molecular formula is C12H24N2O3. The van der Waals surface area contributed by atoms with Gasteiger partial charge in [0.1, 0.15) is 0 Å². The standard InChI is InChI=1S/C12H24N2O3/c1-11(2,3)17-14-10(15)12(9-16-4)5-7-13-8-6-12/h13H,5-9H2,1-4H3,(H,14,15). The largest absolute Gasteiger partial charge is 0.384 e. The molecule has 0 aromatic rings. The molecule has 0 bridgehead atoms. The van der Waals surface area contributed by atoms with Crippen molar-refractivity contribution in [2.24, 2.45) is 5.41 Å². The van der Waals surface area contributed by atoms with Gasteiger partial charge in [0.25, 0.3) is 5.91 Å². The van der Waals surface area contributed by atoms with Crippen LogP contribution in [0.1, 0.15) is 33.6 Å². The zero-order valence-electron chi connectivity index (χ0n) is 11.3. The number of ether oxygens (including phenoxy) is 1. The fourth-order valence-corrected chi connectivity index (χ4v) is 1.93. The van der Waals surface area contributed by atoms with E-state index in [0.29, 0.717) is 6.61 Å². The molecule has 1 fully saturated rings. The van der Waals surface area contributed by atoms with E-state index in [9.17, 15) is 4.79 Å². The Balaban J connectivity index is 2.60. The summed E-state index contributed by atoms with van der Waals surface area (Å²) in [7, 11) is 1.63. The van der Waals surface area contributed by atoms with Gasteiger partial charge in [-0.05, 0) is 46.7 Å². The van der Waals surface area contributed by atoms with Crippen LogP contribution in [0.5, 0.6) is 0 Å². The molecule has 1 aliphatic heterocycles. The van der Waals surface area contributed by atoms with Crippen LogP contribution in [0.15, 0.2) is 0 Å². The van der Waals surface area contributed by atoms with Gasteiger partial charge < -0.3 is 10.1 Å². The molecule has 17 heavy (non-hydrogen) atoms. The van der Waals surface area contributed by atoms with Gasteiger partial charge in [-0.25, -0.2) is 5.48 Å². The number of hydrogen-bond donors (Lipinski definition) is 2. The molecular weight excluding hydrogens is 220 g/mol. The lowest BCUT2D eigenvalue weighted by Crippen LogP contribution is -2.51. The summed E-state index contributed by atoms with van der Waals surface area (Å²) in [5.41, 5.74) is 1.74. The summed E-state index contributed by atoms with van der Waals surface area (Å²) < 4.78 is 5.19. The number of amides is 1. The van der Waals surface area contributed by atoms with Gasteiger partial charge in [0.05, 0.1) is 17.6 Å². The highest BCUT2D eigenvalue weighted by atomic mass is 16.7. The molecule has 1 rings (SSSR count). The number of methoxy groups -OCH3 is 1. The van der Waals surface area contributed by atoms with Crippen LogP contribution in [0.2, 0.25) is 0 Å². The number of carbonyl (C=O) groups excluding carboxylic acids is 1. The normalized spacial score (nSPS) is 20.0. The molecule has 100 valence electrons. The molecule has 0 spiro atoms. The van der Waals surface area contributed by atoms with Crippen molar-refractivity contribution in [3.8, 4) is 0 Å². The van der Waals surface area contributed by atoms with Gasteiger partial charge >= 0.3 is 0 Å².